The average Bonchev–Trinajstić information content (AvgIpc) is 2.79. The van der Waals surface area contributed by atoms with Crippen LogP contribution in [0.5, 0.6) is 0 Å². The van der Waals surface area contributed by atoms with Crippen molar-refractivity contribution in [3.8, 4) is 0 Å². The molecule has 5 nitrogen and oxygen atoms in total. The molecule has 1 aliphatic rings. The minimum atomic E-state index is -5.00. The molecule has 0 aliphatic carbocycles. The monoisotopic (exact) mass is 312 g/mol. The van der Waals surface area contributed by atoms with Gasteiger partial charge in [0, 0.05) is 29.7 Å². The smallest absolute Gasteiger partial charge is 0.454 e. The van der Waals surface area contributed by atoms with E-state index in [-0.39, 0.29) is 30.7 Å². The highest BCUT2D eigenvalue weighted by molar-refractivity contribution is 6.12. The van der Waals surface area contributed by atoms with Crippen molar-refractivity contribution >= 4 is 22.8 Å². The van der Waals surface area contributed by atoms with Crippen LogP contribution in [0.3, 0.4) is 0 Å². The number of benzene rings is 1. The highest BCUT2D eigenvalue weighted by Crippen LogP contribution is 2.34. The number of aromatic nitrogens is 1. The van der Waals surface area contributed by atoms with Crippen molar-refractivity contribution in [2.24, 2.45) is 0 Å². The van der Waals surface area contributed by atoms with Crippen LogP contribution in [0.25, 0.3) is 10.9 Å². The molecule has 0 saturated carbocycles. The molecule has 1 aromatic carbocycles. The Morgan fingerprint density at radius 1 is 1.14 bits per heavy atom. The molecule has 22 heavy (non-hydrogen) atoms. The van der Waals surface area contributed by atoms with Gasteiger partial charge in [-0.3, -0.25) is 4.79 Å². The highest BCUT2D eigenvalue weighted by atomic mass is 19.4. The second kappa shape index (κ2) is 4.75. The van der Waals surface area contributed by atoms with Gasteiger partial charge in [-0.15, -0.1) is 0 Å². The minimum Gasteiger partial charge on any atom is -0.465 e. The second-order valence-electron chi connectivity index (χ2n) is 5.02. The van der Waals surface area contributed by atoms with Crippen LogP contribution in [0, 0.1) is 0 Å². The maximum Gasteiger partial charge on any atom is 0.454 e. The highest BCUT2D eigenvalue weighted by Gasteiger charge is 2.43. The Balaban J connectivity index is 2.25. The molecule has 8 heteroatoms. The van der Waals surface area contributed by atoms with Gasteiger partial charge in [-0.05, 0) is 6.07 Å². The van der Waals surface area contributed by atoms with E-state index in [1.807, 2.05) is 0 Å². The number of hydrogen-bond acceptors (Lipinski definition) is 2. The van der Waals surface area contributed by atoms with Crippen LogP contribution in [0.4, 0.5) is 18.0 Å². The van der Waals surface area contributed by atoms with Crippen molar-refractivity contribution in [3.63, 3.8) is 0 Å². The van der Waals surface area contributed by atoms with Crippen LogP contribution < -0.4 is 0 Å². The van der Waals surface area contributed by atoms with Crippen LogP contribution >= 0.6 is 0 Å². The molecular formula is C14H11F3N2O3. The molecule has 1 amide bonds. The largest absolute Gasteiger partial charge is 0.465 e. The third-order valence-electron chi connectivity index (χ3n) is 3.77. The van der Waals surface area contributed by atoms with Gasteiger partial charge in [0.15, 0.2) is 0 Å². The lowest BCUT2D eigenvalue weighted by Crippen LogP contribution is -2.38. The molecule has 0 spiro atoms. The van der Waals surface area contributed by atoms with Crippen molar-refractivity contribution in [2.75, 3.05) is 6.54 Å². The molecule has 0 radical (unpaired) electrons. The number of hydrogen-bond donors (Lipinski definition) is 1. The van der Waals surface area contributed by atoms with Crippen LogP contribution in [0.2, 0.25) is 0 Å². The normalized spacial score (nSPS) is 15.0. The Hall–Kier alpha value is -2.51. The van der Waals surface area contributed by atoms with E-state index >= 15 is 0 Å². The number of carbonyl (C=O) groups excluding carboxylic acids is 1. The minimum absolute atomic E-state index is 0.0946. The van der Waals surface area contributed by atoms with Crippen molar-refractivity contribution in [1.29, 1.82) is 0 Å². The Bertz CT molecular complexity index is 779. The summed E-state index contributed by atoms with van der Waals surface area (Å²) in [7, 11) is 0. The summed E-state index contributed by atoms with van der Waals surface area (Å²) in [6.45, 7) is 0.148. The van der Waals surface area contributed by atoms with Gasteiger partial charge in [-0.1, -0.05) is 18.2 Å². The molecule has 1 aromatic heterocycles. The van der Waals surface area contributed by atoms with Gasteiger partial charge in [-0.2, -0.15) is 13.2 Å². The zero-order valence-electron chi connectivity index (χ0n) is 11.2. The summed E-state index contributed by atoms with van der Waals surface area (Å²) >= 11 is 0. The van der Waals surface area contributed by atoms with E-state index in [9.17, 15) is 22.8 Å². The molecule has 2 aromatic rings. The number of amides is 1. The predicted molar refractivity (Wildman–Crippen MR) is 70.8 cm³/mol. The number of rotatable bonds is 1. The topological polar surface area (TPSA) is 62.5 Å². The molecule has 1 aliphatic heterocycles. The first-order chi connectivity index (χ1) is 10.3. The lowest BCUT2D eigenvalue weighted by atomic mass is 10.1. The average molecular weight is 312 g/mol. The van der Waals surface area contributed by atoms with E-state index in [1.54, 1.807) is 22.8 Å². The summed E-state index contributed by atoms with van der Waals surface area (Å²) in [4.78, 5) is 23.9. The van der Waals surface area contributed by atoms with Gasteiger partial charge >= 0.3 is 12.3 Å². The van der Waals surface area contributed by atoms with Crippen molar-refractivity contribution < 1.29 is 27.9 Å². The van der Waals surface area contributed by atoms with E-state index in [0.29, 0.717) is 5.52 Å². The van der Waals surface area contributed by atoms with Gasteiger partial charge in [0.05, 0.1) is 12.1 Å². The number of ketones is 1. The quantitative estimate of drug-likeness (QED) is 0.824. The summed E-state index contributed by atoms with van der Waals surface area (Å²) in [5.41, 5.74) is 0.154. The molecular weight excluding hydrogens is 301 g/mol. The fraction of sp³-hybridized carbons (Fsp3) is 0.286. The van der Waals surface area contributed by atoms with Crippen molar-refractivity contribution in [1.82, 2.24) is 9.47 Å². The number of fused-ring (bicyclic) bond motifs is 3. The third-order valence-corrected chi connectivity index (χ3v) is 3.77. The summed E-state index contributed by atoms with van der Waals surface area (Å²) in [5, 5.41) is 9.24. The fourth-order valence-corrected chi connectivity index (χ4v) is 2.81. The van der Waals surface area contributed by atoms with Gasteiger partial charge in [0.2, 0.25) is 0 Å². The number of alkyl halides is 3. The molecule has 0 unspecified atom stereocenters. The predicted octanol–water partition coefficient (Wildman–Crippen LogP) is 2.88. The molecule has 1 N–H and O–H groups in total. The van der Waals surface area contributed by atoms with Crippen LogP contribution in [0.1, 0.15) is 16.1 Å². The number of halogens is 3. The molecule has 0 atom stereocenters. The third kappa shape index (κ3) is 2.11. The maximum atomic E-state index is 12.9. The molecule has 0 bridgehead atoms. The molecule has 0 fully saturated rings. The maximum absolute atomic E-state index is 12.9. The summed E-state index contributed by atoms with van der Waals surface area (Å²) in [6.07, 6.45) is -6.22. The first-order valence-corrected chi connectivity index (χ1v) is 6.50. The van der Waals surface area contributed by atoms with Gasteiger partial charge in [0.25, 0.3) is 5.78 Å². The van der Waals surface area contributed by atoms with Crippen LogP contribution in [-0.4, -0.2) is 39.2 Å². The fourth-order valence-electron chi connectivity index (χ4n) is 2.81. The van der Waals surface area contributed by atoms with Crippen LogP contribution in [0.15, 0.2) is 24.3 Å². The van der Waals surface area contributed by atoms with Crippen LogP contribution in [-0.2, 0) is 13.1 Å². The summed E-state index contributed by atoms with van der Waals surface area (Å²) in [6, 6.07) is 6.30. The Labute approximate surface area is 122 Å². The van der Waals surface area contributed by atoms with E-state index < -0.39 is 23.6 Å². The van der Waals surface area contributed by atoms with Crippen molar-refractivity contribution in [2.45, 2.75) is 19.3 Å². The molecule has 3 rings (SSSR count). The molecule has 0 saturated heterocycles. The zero-order chi connectivity index (χ0) is 16.1. The summed E-state index contributed by atoms with van der Waals surface area (Å²) in [5.74, 6) is -1.94. The number of para-hydroxylation sites is 1. The van der Waals surface area contributed by atoms with Crippen molar-refractivity contribution in [3.05, 3.63) is 35.5 Å². The number of carboxylic acid groups (broad SMARTS) is 1. The number of carbonyl (C=O) groups is 2. The van der Waals surface area contributed by atoms with Gasteiger partial charge in [-0.25, -0.2) is 4.79 Å². The molecule has 2 heterocycles. The Kier molecular flexibility index (Phi) is 3.12. The van der Waals surface area contributed by atoms with Gasteiger partial charge < -0.3 is 14.6 Å². The van der Waals surface area contributed by atoms with E-state index in [1.165, 1.54) is 6.07 Å². The standard InChI is InChI=1S/C14H11F3N2O3/c15-14(16,17)12(20)11-8-3-1-2-4-9(8)19-6-5-18(13(21)22)7-10(11)19/h1-4H,5-7H2,(H,21,22). The van der Waals surface area contributed by atoms with E-state index in [0.717, 1.165) is 4.90 Å². The lowest BCUT2D eigenvalue weighted by Gasteiger charge is -2.27. The van der Waals surface area contributed by atoms with Gasteiger partial charge in [0.1, 0.15) is 0 Å². The number of nitrogens with zero attached hydrogens (tertiary/aromatic N) is 2. The Morgan fingerprint density at radius 2 is 1.82 bits per heavy atom. The number of Topliss-reactive ketones (excluding diaryl/α,β-unsaturated/α-hetero) is 1. The second-order valence-corrected chi connectivity index (χ2v) is 5.02. The SMILES string of the molecule is O=C(O)N1CCn2c(c(C(=O)C(F)(F)F)c3ccccc32)C1. The molecule has 116 valence electrons. The lowest BCUT2D eigenvalue weighted by molar-refractivity contribution is -0.0885. The first-order valence-electron chi connectivity index (χ1n) is 6.50. The van der Waals surface area contributed by atoms with E-state index in [2.05, 4.69) is 0 Å². The van der Waals surface area contributed by atoms with E-state index in [4.69, 9.17) is 5.11 Å². The Morgan fingerprint density at radius 3 is 2.45 bits per heavy atom. The first kappa shape index (κ1) is 14.4. The zero-order valence-corrected chi connectivity index (χ0v) is 11.2. The summed E-state index contributed by atoms with van der Waals surface area (Å²) < 4.78 is 40.2.